The number of carbonyl (C=O) groups excluding carboxylic acids is 2. The SMILES string of the molecule is CC(C)(C)OC(=O)N1CC(C#N)C(=O)C1C(C)(C)C. The number of likely N-dealkylation sites (tertiary alicyclic amines) is 1. The van der Waals surface area contributed by atoms with Crippen LogP contribution in [0.2, 0.25) is 0 Å². The summed E-state index contributed by atoms with van der Waals surface area (Å²) < 4.78 is 5.31. The van der Waals surface area contributed by atoms with E-state index in [2.05, 4.69) is 0 Å². The van der Waals surface area contributed by atoms with Gasteiger partial charge in [0, 0.05) is 6.54 Å². The van der Waals surface area contributed by atoms with Gasteiger partial charge in [0.05, 0.1) is 6.07 Å². The molecule has 0 N–H and O–H groups in total. The van der Waals surface area contributed by atoms with Crippen molar-refractivity contribution in [2.24, 2.45) is 11.3 Å². The molecule has 0 aromatic heterocycles. The van der Waals surface area contributed by atoms with Crippen molar-refractivity contribution in [3.63, 3.8) is 0 Å². The average Bonchev–Trinajstić information content (AvgIpc) is 2.52. The highest BCUT2D eigenvalue weighted by Crippen LogP contribution is 2.33. The van der Waals surface area contributed by atoms with Crippen molar-refractivity contribution in [3.05, 3.63) is 0 Å². The van der Waals surface area contributed by atoms with Crippen molar-refractivity contribution in [2.45, 2.75) is 53.2 Å². The Kier molecular flexibility index (Phi) is 3.94. The highest BCUT2D eigenvalue weighted by Gasteiger charge is 2.49. The molecular weight excluding hydrogens is 244 g/mol. The van der Waals surface area contributed by atoms with E-state index in [9.17, 15) is 9.59 Å². The van der Waals surface area contributed by atoms with Crippen LogP contribution in [0.4, 0.5) is 4.79 Å². The fourth-order valence-electron chi connectivity index (χ4n) is 2.24. The molecule has 106 valence electrons. The summed E-state index contributed by atoms with van der Waals surface area (Å²) in [6.45, 7) is 11.1. The van der Waals surface area contributed by atoms with Gasteiger partial charge in [-0.25, -0.2) is 4.79 Å². The lowest BCUT2D eigenvalue weighted by molar-refractivity contribution is -0.124. The van der Waals surface area contributed by atoms with E-state index in [0.29, 0.717) is 0 Å². The van der Waals surface area contributed by atoms with Crippen LogP contribution in [0.25, 0.3) is 0 Å². The van der Waals surface area contributed by atoms with Gasteiger partial charge in [0.2, 0.25) is 0 Å². The van der Waals surface area contributed by atoms with Crippen LogP contribution >= 0.6 is 0 Å². The Hall–Kier alpha value is -1.57. The molecule has 1 aliphatic rings. The highest BCUT2D eigenvalue weighted by atomic mass is 16.6. The molecule has 1 heterocycles. The normalized spacial score (nSPS) is 24.3. The first kappa shape index (κ1) is 15.5. The minimum atomic E-state index is -0.753. The van der Waals surface area contributed by atoms with Gasteiger partial charge in [0.25, 0.3) is 0 Å². The van der Waals surface area contributed by atoms with Gasteiger partial charge in [0.15, 0.2) is 5.78 Å². The molecule has 19 heavy (non-hydrogen) atoms. The van der Waals surface area contributed by atoms with Crippen LogP contribution < -0.4 is 0 Å². The first-order chi connectivity index (χ1) is 8.47. The topological polar surface area (TPSA) is 70.4 Å². The van der Waals surface area contributed by atoms with Crippen LogP contribution in [0.15, 0.2) is 0 Å². The monoisotopic (exact) mass is 266 g/mol. The lowest BCUT2D eigenvalue weighted by Gasteiger charge is -2.34. The molecule has 0 aromatic rings. The first-order valence-electron chi connectivity index (χ1n) is 6.40. The highest BCUT2D eigenvalue weighted by molar-refractivity contribution is 5.95. The van der Waals surface area contributed by atoms with Crippen molar-refractivity contribution in [1.29, 1.82) is 5.26 Å². The Morgan fingerprint density at radius 2 is 1.84 bits per heavy atom. The summed E-state index contributed by atoms with van der Waals surface area (Å²) in [4.78, 5) is 25.7. The lowest BCUT2D eigenvalue weighted by atomic mass is 9.83. The molecule has 0 radical (unpaired) electrons. The molecule has 0 bridgehead atoms. The number of nitriles is 1. The molecule has 1 amide bonds. The molecule has 1 aliphatic heterocycles. The number of carbonyl (C=O) groups is 2. The van der Waals surface area contributed by atoms with Crippen molar-refractivity contribution in [3.8, 4) is 6.07 Å². The fraction of sp³-hybridized carbons (Fsp3) is 0.786. The van der Waals surface area contributed by atoms with Gasteiger partial charge in [-0.3, -0.25) is 9.69 Å². The molecule has 5 nitrogen and oxygen atoms in total. The van der Waals surface area contributed by atoms with Crippen LogP contribution in [-0.2, 0) is 9.53 Å². The van der Waals surface area contributed by atoms with Gasteiger partial charge in [0.1, 0.15) is 17.6 Å². The van der Waals surface area contributed by atoms with E-state index in [1.807, 2.05) is 26.8 Å². The Balaban J connectivity index is 3.02. The zero-order valence-corrected chi connectivity index (χ0v) is 12.5. The van der Waals surface area contributed by atoms with Gasteiger partial charge in [-0.15, -0.1) is 0 Å². The zero-order valence-electron chi connectivity index (χ0n) is 12.5. The van der Waals surface area contributed by atoms with E-state index < -0.39 is 29.1 Å². The molecule has 5 heteroatoms. The Labute approximate surface area is 114 Å². The van der Waals surface area contributed by atoms with Gasteiger partial charge in [-0.2, -0.15) is 5.26 Å². The van der Waals surface area contributed by atoms with Crippen molar-refractivity contribution in [1.82, 2.24) is 4.90 Å². The molecule has 1 rings (SSSR count). The van der Waals surface area contributed by atoms with Gasteiger partial charge < -0.3 is 4.74 Å². The first-order valence-corrected chi connectivity index (χ1v) is 6.40. The number of ether oxygens (including phenoxy) is 1. The number of nitrogens with zero attached hydrogens (tertiary/aromatic N) is 2. The minimum absolute atomic E-state index is 0.117. The summed E-state index contributed by atoms with van der Waals surface area (Å²) in [6, 6.07) is 1.36. The maximum Gasteiger partial charge on any atom is 0.410 e. The van der Waals surface area contributed by atoms with Crippen LogP contribution in [-0.4, -0.2) is 35.0 Å². The fourth-order valence-corrected chi connectivity index (χ4v) is 2.24. The maximum atomic E-state index is 12.2. The molecule has 1 fully saturated rings. The number of ketones is 1. The summed E-state index contributed by atoms with van der Waals surface area (Å²) in [5, 5.41) is 9.00. The number of hydrogen-bond donors (Lipinski definition) is 0. The number of hydrogen-bond acceptors (Lipinski definition) is 4. The van der Waals surface area contributed by atoms with Crippen LogP contribution in [0.5, 0.6) is 0 Å². The molecule has 0 spiro atoms. The quantitative estimate of drug-likeness (QED) is 0.675. The van der Waals surface area contributed by atoms with E-state index in [4.69, 9.17) is 10.00 Å². The van der Waals surface area contributed by atoms with E-state index in [-0.39, 0.29) is 12.3 Å². The lowest BCUT2D eigenvalue weighted by Crippen LogP contribution is -2.47. The van der Waals surface area contributed by atoms with Crippen LogP contribution in [0.1, 0.15) is 41.5 Å². The molecule has 2 atom stereocenters. The molecular formula is C14H22N2O3. The third-order valence-electron chi connectivity index (χ3n) is 2.91. The van der Waals surface area contributed by atoms with Crippen molar-refractivity contribution < 1.29 is 14.3 Å². The summed E-state index contributed by atoms with van der Waals surface area (Å²) in [7, 11) is 0. The standard InChI is InChI=1S/C14H22N2O3/c1-13(2,3)11-10(17)9(7-15)8-16(11)12(18)19-14(4,5)6/h9,11H,8H2,1-6H3. The van der Waals surface area contributed by atoms with E-state index in [1.165, 1.54) is 4.90 Å². The summed E-state index contributed by atoms with van der Waals surface area (Å²) in [5.74, 6) is -0.947. The summed E-state index contributed by atoms with van der Waals surface area (Å²) >= 11 is 0. The van der Waals surface area contributed by atoms with Gasteiger partial charge in [-0.1, -0.05) is 20.8 Å². The van der Waals surface area contributed by atoms with E-state index in [1.54, 1.807) is 20.8 Å². The number of Topliss-reactive ketones (excluding diaryl/α,β-unsaturated/α-hetero) is 1. The second kappa shape index (κ2) is 4.84. The number of rotatable bonds is 0. The Morgan fingerprint density at radius 3 is 2.21 bits per heavy atom. The smallest absolute Gasteiger partial charge is 0.410 e. The molecule has 0 saturated carbocycles. The Bertz CT molecular complexity index is 423. The second-order valence-corrected chi connectivity index (χ2v) is 6.99. The third kappa shape index (κ3) is 3.46. The number of amides is 1. The predicted molar refractivity (Wildman–Crippen MR) is 70.3 cm³/mol. The Morgan fingerprint density at radius 1 is 1.32 bits per heavy atom. The molecule has 0 aromatic carbocycles. The average molecular weight is 266 g/mol. The van der Waals surface area contributed by atoms with E-state index in [0.717, 1.165) is 0 Å². The molecule has 0 aliphatic carbocycles. The zero-order chi connectivity index (χ0) is 15.0. The van der Waals surface area contributed by atoms with E-state index >= 15 is 0 Å². The van der Waals surface area contributed by atoms with Gasteiger partial charge in [-0.05, 0) is 26.2 Å². The predicted octanol–water partition coefficient (Wildman–Crippen LogP) is 2.36. The summed E-state index contributed by atoms with van der Waals surface area (Å²) in [5.41, 5.74) is -1.03. The summed E-state index contributed by atoms with van der Waals surface area (Å²) in [6.07, 6.45) is -0.529. The van der Waals surface area contributed by atoms with Crippen LogP contribution in [0, 0.1) is 22.7 Å². The minimum Gasteiger partial charge on any atom is -0.444 e. The van der Waals surface area contributed by atoms with Crippen molar-refractivity contribution >= 4 is 11.9 Å². The van der Waals surface area contributed by atoms with Gasteiger partial charge >= 0.3 is 6.09 Å². The van der Waals surface area contributed by atoms with Crippen molar-refractivity contribution in [2.75, 3.05) is 6.54 Å². The largest absolute Gasteiger partial charge is 0.444 e. The maximum absolute atomic E-state index is 12.2. The molecule has 1 saturated heterocycles. The third-order valence-corrected chi connectivity index (χ3v) is 2.91. The molecule has 2 unspecified atom stereocenters. The van der Waals surface area contributed by atoms with Crippen LogP contribution in [0.3, 0.4) is 0 Å². The second-order valence-electron chi connectivity index (χ2n) is 6.99.